The second kappa shape index (κ2) is 21.2. The highest BCUT2D eigenvalue weighted by Gasteiger charge is 2.38. The largest absolute Gasteiger partial charge is 0.490 e. The van der Waals surface area contributed by atoms with Crippen LogP contribution in [0.3, 0.4) is 0 Å². The maximum Gasteiger partial charge on any atom is 0.490 e. The number of urea groups is 1. The van der Waals surface area contributed by atoms with Crippen molar-refractivity contribution in [2.24, 2.45) is 11.5 Å². The summed E-state index contributed by atoms with van der Waals surface area (Å²) >= 11 is 0. The summed E-state index contributed by atoms with van der Waals surface area (Å²) in [5.41, 5.74) is 14.4. The number of carbonyl (C=O) groups excluding carboxylic acids is 4. The van der Waals surface area contributed by atoms with Crippen molar-refractivity contribution in [1.82, 2.24) is 20.9 Å². The van der Waals surface area contributed by atoms with Gasteiger partial charge in [-0.25, -0.2) is 9.59 Å². The number of carboxylic acids is 1. The third-order valence-electron chi connectivity index (χ3n) is 7.24. The number of primary amides is 1. The number of hydrogen-bond acceptors (Lipinski definition) is 7. The summed E-state index contributed by atoms with van der Waals surface area (Å²) in [4.78, 5) is 61.3. The third-order valence-corrected chi connectivity index (χ3v) is 7.24. The molecule has 0 radical (unpaired) electrons. The van der Waals surface area contributed by atoms with E-state index in [1.54, 1.807) is 6.92 Å². The Labute approximate surface area is 298 Å². The van der Waals surface area contributed by atoms with Crippen molar-refractivity contribution >= 4 is 35.7 Å². The molecule has 0 fully saturated rings. The Hall–Kier alpha value is -6.13. The number of benzene rings is 3. The van der Waals surface area contributed by atoms with Gasteiger partial charge in [-0.3, -0.25) is 19.8 Å². The average Bonchev–Trinajstić information content (AvgIpc) is 3.10. The van der Waals surface area contributed by atoms with E-state index in [1.165, 1.54) is 4.90 Å². The van der Waals surface area contributed by atoms with Gasteiger partial charge in [0.2, 0.25) is 11.8 Å². The molecule has 14 nitrogen and oxygen atoms in total. The van der Waals surface area contributed by atoms with Gasteiger partial charge in [0.25, 0.3) is 0 Å². The van der Waals surface area contributed by atoms with Gasteiger partial charge >= 0.3 is 24.1 Å². The van der Waals surface area contributed by atoms with Gasteiger partial charge in [0.05, 0.1) is 12.5 Å². The first kappa shape index (κ1) is 42.0. The van der Waals surface area contributed by atoms with Gasteiger partial charge in [0.15, 0.2) is 5.96 Å². The minimum atomic E-state index is -5.08. The van der Waals surface area contributed by atoms with Crippen LogP contribution >= 0.6 is 0 Å². The lowest BCUT2D eigenvalue weighted by atomic mass is 9.89. The Balaban J connectivity index is 0.00000121. The summed E-state index contributed by atoms with van der Waals surface area (Å²) in [5.74, 6) is -5.06. The standard InChI is InChI=1S/C33H41N7O5.C2HF3O2/c1-2-45-28(41)21-39-33(44)38-20-23-15-17-24(18-16-23)22-40(27(30(34)42)14-9-19-37-32(35)36)31(43)29(25-10-5-3-6-11-25)26-12-7-4-8-13-26;3-2(4,5)1(6)7/h3-8,10-13,15-18,27,29H,2,9,14,19-22H2,1H3,(H2,34,42)(H4,35,36,37)(H2,38,39,44);(H,6,7)/t27-;/m1./s1. The number of nitrogens with zero attached hydrogens (tertiary/aromatic N) is 1. The van der Waals surface area contributed by atoms with Crippen LogP contribution in [0.5, 0.6) is 0 Å². The molecule has 0 aliphatic rings. The number of carboxylic acid groups (broad SMARTS) is 1. The van der Waals surface area contributed by atoms with Gasteiger partial charge in [-0.05, 0) is 42.0 Å². The molecule has 3 aromatic carbocycles. The lowest BCUT2D eigenvalue weighted by molar-refractivity contribution is -0.192. The molecule has 3 rings (SSSR count). The molecule has 0 unspecified atom stereocenters. The molecular weight excluding hydrogens is 687 g/mol. The maximum absolute atomic E-state index is 14.5. The zero-order valence-electron chi connectivity index (χ0n) is 28.3. The van der Waals surface area contributed by atoms with E-state index in [0.29, 0.717) is 13.0 Å². The molecule has 0 bridgehead atoms. The van der Waals surface area contributed by atoms with Crippen molar-refractivity contribution < 1.29 is 47.0 Å². The van der Waals surface area contributed by atoms with E-state index in [-0.39, 0.29) is 44.5 Å². The fraction of sp³-hybridized carbons (Fsp3) is 0.314. The normalized spacial score (nSPS) is 11.2. The lowest BCUT2D eigenvalue weighted by Crippen LogP contribution is -2.49. The van der Waals surface area contributed by atoms with Crippen LogP contribution in [0, 0.1) is 5.41 Å². The highest BCUT2D eigenvalue weighted by atomic mass is 19.4. The molecule has 0 saturated carbocycles. The fourth-order valence-electron chi connectivity index (χ4n) is 4.81. The molecule has 0 aromatic heterocycles. The number of alkyl halides is 3. The molecule has 0 saturated heterocycles. The van der Waals surface area contributed by atoms with Crippen molar-refractivity contribution in [3.05, 3.63) is 107 Å². The first-order valence-corrected chi connectivity index (χ1v) is 16.0. The molecule has 0 spiro atoms. The minimum absolute atomic E-state index is 0.108. The Morgan fingerprint density at radius 3 is 1.83 bits per heavy atom. The highest BCUT2D eigenvalue weighted by molar-refractivity contribution is 5.92. The minimum Gasteiger partial charge on any atom is -0.475 e. The van der Waals surface area contributed by atoms with Crippen molar-refractivity contribution in [3.8, 4) is 0 Å². The quantitative estimate of drug-likeness (QED) is 0.0497. The predicted octanol–water partition coefficient (Wildman–Crippen LogP) is 2.96. The van der Waals surface area contributed by atoms with Gasteiger partial charge in [-0.15, -0.1) is 0 Å². The molecule has 17 heteroatoms. The van der Waals surface area contributed by atoms with E-state index in [2.05, 4.69) is 16.0 Å². The summed E-state index contributed by atoms with van der Waals surface area (Å²) in [6.45, 7) is 2.33. The van der Waals surface area contributed by atoms with Gasteiger partial charge in [0.1, 0.15) is 12.6 Å². The van der Waals surface area contributed by atoms with Crippen LogP contribution in [0.1, 0.15) is 47.9 Å². The van der Waals surface area contributed by atoms with Crippen LogP contribution in [0.4, 0.5) is 18.0 Å². The van der Waals surface area contributed by atoms with E-state index < -0.39 is 42.0 Å². The lowest BCUT2D eigenvalue weighted by Gasteiger charge is -2.33. The van der Waals surface area contributed by atoms with Crippen molar-refractivity contribution in [3.63, 3.8) is 0 Å². The molecular formula is C35H42F3N7O7. The number of rotatable bonds is 16. The van der Waals surface area contributed by atoms with E-state index >= 15 is 0 Å². The molecule has 52 heavy (non-hydrogen) atoms. The first-order chi connectivity index (χ1) is 24.6. The van der Waals surface area contributed by atoms with Crippen LogP contribution in [-0.4, -0.2) is 77.7 Å². The van der Waals surface area contributed by atoms with Crippen molar-refractivity contribution in [2.45, 2.75) is 51.0 Å². The van der Waals surface area contributed by atoms with Crippen LogP contribution < -0.4 is 27.4 Å². The van der Waals surface area contributed by atoms with E-state index in [9.17, 15) is 32.3 Å². The molecule has 9 N–H and O–H groups in total. The summed E-state index contributed by atoms with van der Waals surface area (Å²) in [6.07, 6.45) is -4.37. The number of halogens is 3. The monoisotopic (exact) mass is 729 g/mol. The zero-order valence-corrected chi connectivity index (χ0v) is 28.3. The Bertz CT molecular complexity index is 1590. The van der Waals surface area contributed by atoms with Crippen LogP contribution in [0.2, 0.25) is 0 Å². The number of esters is 1. The first-order valence-electron chi connectivity index (χ1n) is 16.0. The number of nitrogens with two attached hydrogens (primary N) is 2. The second-order valence-electron chi connectivity index (χ2n) is 11.1. The van der Waals surface area contributed by atoms with Crippen LogP contribution in [0.15, 0.2) is 84.9 Å². The number of carbonyl (C=O) groups is 5. The topological polar surface area (TPSA) is 230 Å². The fourth-order valence-corrected chi connectivity index (χ4v) is 4.81. The van der Waals surface area contributed by atoms with Gasteiger partial charge in [-0.1, -0.05) is 84.9 Å². The van der Waals surface area contributed by atoms with Gasteiger partial charge in [-0.2, -0.15) is 13.2 Å². The van der Waals surface area contributed by atoms with E-state index in [4.69, 9.17) is 31.5 Å². The summed E-state index contributed by atoms with van der Waals surface area (Å²) in [5, 5.41) is 22.4. The highest BCUT2D eigenvalue weighted by Crippen LogP contribution is 2.29. The molecule has 1 atom stereocenters. The zero-order chi connectivity index (χ0) is 38.7. The Morgan fingerprint density at radius 1 is 0.846 bits per heavy atom. The molecule has 280 valence electrons. The number of guanidine groups is 1. The van der Waals surface area contributed by atoms with Gasteiger partial charge in [0, 0.05) is 19.6 Å². The number of ether oxygens (including phenoxy) is 1. The average molecular weight is 730 g/mol. The second-order valence-corrected chi connectivity index (χ2v) is 11.1. The Morgan fingerprint density at radius 2 is 1.37 bits per heavy atom. The smallest absolute Gasteiger partial charge is 0.475 e. The molecule has 0 aliphatic carbocycles. The molecule has 4 amide bonds. The number of hydrogen-bond donors (Lipinski definition) is 7. The van der Waals surface area contributed by atoms with Crippen LogP contribution in [0.25, 0.3) is 0 Å². The van der Waals surface area contributed by atoms with E-state index in [1.807, 2.05) is 84.9 Å². The summed E-state index contributed by atoms with van der Waals surface area (Å²) in [7, 11) is 0. The molecule has 0 heterocycles. The van der Waals surface area contributed by atoms with E-state index in [0.717, 1.165) is 22.3 Å². The number of aliphatic carboxylic acids is 1. The van der Waals surface area contributed by atoms with Gasteiger partial charge < -0.3 is 42.2 Å². The number of amides is 4. The molecule has 0 aliphatic heterocycles. The predicted molar refractivity (Wildman–Crippen MR) is 184 cm³/mol. The van der Waals surface area contributed by atoms with Crippen LogP contribution in [-0.2, 0) is 37.0 Å². The number of nitrogens with one attached hydrogen (secondary N) is 4. The molecule has 3 aromatic rings. The Kier molecular flexibility index (Phi) is 17.1. The summed E-state index contributed by atoms with van der Waals surface area (Å²) < 4.78 is 36.5. The SMILES string of the molecule is CCOC(=O)CNC(=O)NCc1ccc(CN(C(=O)C(c2ccccc2)c2ccccc2)[C@H](CCCNC(=N)N)C(N)=O)cc1.O=C(O)C(F)(F)F. The maximum atomic E-state index is 14.5. The third kappa shape index (κ3) is 14.8. The summed E-state index contributed by atoms with van der Waals surface area (Å²) in [6, 6.07) is 24.6. The van der Waals surface area contributed by atoms with Crippen molar-refractivity contribution in [1.29, 1.82) is 5.41 Å². The van der Waals surface area contributed by atoms with Crippen molar-refractivity contribution in [2.75, 3.05) is 19.7 Å².